The fourth-order valence-electron chi connectivity index (χ4n) is 3.18. The van der Waals surface area contributed by atoms with E-state index >= 15 is 0 Å². The summed E-state index contributed by atoms with van der Waals surface area (Å²) in [5.74, 6) is 2.66. The predicted molar refractivity (Wildman–Crippen MR) is 111 cm³/mol. The first kappa shape index (κ1) is 20.5. The fraction of sp³-hybridized carbons (Fsp3) is 0.318. The summed E-state index contributed by atoms with van der Waals surface area (Å²) in [7, 11) is 1.57. The molecule has 0 saturated carbocycles. The van der Waals surface area contributed by atoms with E-state index in [1.807, 2.05) is 13.0 Å². The Bertz CT molecular complexity index is 1040. The highest BCUT2D eigenvalue weighted by Crippen LogP contribution is 2.40. The van der Waals surface area contributed by atoms with Gasteiger partial charge < -0.3 is 27.9 Å². The first-order valence-electron chi connectivity index (χ1n) is 9.98. The minimum absolute atomic E-state index is 0.173. The van der Waals surface area contributed by atoms with E-state index in [2.05, 4.69) is 10.2 Å². The van der Waals surface area contributed by atoms with Gasteiger partial charge in [0.15, 0.2) is 17.3 Å². The summed E-state index contributed by atoms with van der Waals surface area (Å²) in [6.07, 6.45) is 5.54. The average Bonchev–Trinajstić information content (AvgIpc) is 3.48. The van der Waals surface area contributed by atoms with Crippen molar-refractivity contribution >= 4 is 12.0 Å². The number of benzene rings is 1. The number of fused-ring (bicyclic) bond motifs is 1. The normalized spacial score (nSPS) is 12.8. The second kappa shape index (κ2) is 9.38. The maximum Gasteiger partial charge on any atom is 0.283 e. The third-order valence-electron chi connectivity index (χ3n) is 4.60. The lowest BCUT2D eigenvalue weighted by molar-refractivity contribution is -0.126. The highest BCUT2D eigenvalue weighted by molar-refractivity contribution is 5.92. The van der Waals surface area contributed by atoms with E-state index in [0.717, 1.165) is 12.0 Å². The minimum atomic E-state index is -0.173. The van der Waals surface area contributed by atoms with Gasteiger partial charge in [0.2, 0.25) is 17.5 Å². The molecule has 0 N–H and O–H groups in total. The zero-order valence-corrected chi connectivity index (χ0v) is 17.4. The molecule has 0 radical (unpaired) electrons. The topological polar surface area (TPSA) is 100 Å². The Kier molecular flexibility index (Phi) is 6.21. The van der Waals surface area contributed by atoms with Gasteiger partial charge in [0.05, 0.1) is 19.9 Å². The molecule has 9 heteroatoms. The quantitative estimate of drug-likeness (QED) is 0.505. The van der Waals surface area contributed by atoms with Gasteiger partial charge in [-0.3, -0.25) is 4.79 Å². The van der Waals surface area contributed by atoms with Crippen molar-refractivity contribution in [3.05, 3.63) is 48.1 Å². The van der Waals surface area contributed by atoms with Crippen LogP contribution < -0.4 is 14.2 Å². The Balaban J connectivity index is 1.48. The van der Waals surface area contributed by atoms with E-state index in [1.54, 1.807) is 36.3 Å². The predicted octanol–water partition coefficient (Wildman–Crippen LogP) is 3.56. The summed E-state index contributed by atoms with van der Waals surface area (Å²) in [4.78, 5) is 14.5. The molecule has 0 saturated heterocycles. The highest BCUT2D eigenvalue weighted by Gasteiger charge is 2.19. The van der Waals surface area contributed by atoms with Crippen molar-refractivity contribution < 1.29 is 27.8 Å². The number of nitrogens with zero attached hydrogens (tertiary/aromatic N) is 3. The zero-order chi connectivity index (χ0) is 21.6. The third-order valence-corrected chi connectivity index (χ3v) is 4.60. The van der Waals surface area contributed by atoms with Crippen LogP contribution in [0.2, 0.25) is 0 Å². The molecule has 0 atom stereocenters. The SMILES string of the molecule is CCCN(Cc1nnc(-c2ccco2)o1)C(=O)C=Cc1cc(OC)c2c(c1)OCCO2. The van der Waals surface area contributed by atoms with Crippen molar-refractivity contribution in [2.45, 2.75) is 19.9 Å². The van der Waals surface area contributed by atoms with Crippen LogP contribution in [0.3, 0.4) is 0 Å². The molecule has 0 aliphatic carbocycles. The lowest BCUT2D eigenvalue weighted by Crippen LogP contribution is -2.29. The van der Waals surface area contributed by atoms with Crippen LogP contribution in [-0.2, 0) is 11.3 Å². The van der Waals surface area contributed by atoms with Crippen molar-refractivity contribution in [3.63, 3.8) is 0 Å². The second-order valence-corrected chi connectivity index (χ2v) is 6.82. The number of carbonyl (C=O) groups is 1. The van der Waals surface area contributed by atoms with E-state index in [-0.39, 0.29) is 18.3 Å². The molecule has 4 rings (SSSR count). The first-order valence-corrected chi connectivity index (χ1v) is 9.98. The van der Waals surface area contributed by atoms with Crippen molar-refractivity contribution in [1.82, 2.24) is 15.1 Å². The summed E-state index contributed by atoms with van der Waals surface area (Å²) in [5.41, 5.74) is 0.767. The van der Waals surface area contributed by atoms with Crippen LogP contribution in [-0.4, -0.2) is 47.9 Å². The van der Waals surface area contributed by atoms with Gasteiger partial charge in [-0.25, -0.2) is 0 Å². The van der Waals surface area contributed by atoms with Crippen molar-refractivity contribution in [2.24, 2.45) is 0 Å². The van der Waals surface area contributed by atoms with Crippen LogP contribution >= 0.6 is 0 Å². The van der Waals surface area contributed by atoms with Crippen LogP contribution in [0.15, 0.2) is 45.4 Å². The summed E-state index contributed by atoms with van der Waals surface area (Å²) >= 11 is 0. The number of aromatic nitrogens is 2. The Morgan fingerprint density at radius 1 is 1.26 bits per heavy atom. The van der Waals surface area contributed by atoms with Gasteiger partial charge in [0.1, 0.15) is 13.2 Å². The largest absolute Gasteiger partial charge is 0.493 e. The highest BCUT2D eigenvalue weighted by atomic mass is 16.6. The number of furan rings is 1. The summed E-state index contributed by atoms with van der Waals surface area (Å²) in [6, 6.07) is 7.09. The molecule has 1 amide bonds. The molecule has 1 aliphatic heterocycles. The molecule has 0 fully saturated rings. The molecular formula is C22H23N3O6. The van der Waals surface area contributed by atoms with E-state index in [0.29, 0.717) is 48.7 Å². The molecule has 0 unspecified atom stereocenters. The maximum atomic E-state index is 12.8. The monoisotopic (exact) mass is 425 g/mol. The number of amides is 1. The van der Waals surface area contributed by atoms with Gasteiger partial charge in [-0.15, -0.1) is 10.2 Å². The van der Waals surface area contributed by atoms with Crippen LogP contribution in [0.25, 0.3) is 17.7 Å². The molecule has 9 nitrogen and oxygen atoms in total. The molecule has 0 spiro atoms. The van der Waals surface area contributed by atoms with Crippen LogP contribution in [0.1, 0.15) is 24.8 Å². The lowest BCUT2D eigenvalue weighted by Gasteiger charge is -2.21. The van der Waals surface area contributed by atoms with Gasteiger partial charge in [-0.1, -0.05) is 6.92 Å². The van der Waals surface area contributed by atoms with E-state index in [9.17, 15) is 4.79 Å². The Morgan fingerprint density at radius 2 is 2.13 bits per heavy atom. The molecule has 0 bridgehead atoms. The van der Waals surface area contributed by atoms with Crippen LogP contribution in [0.4, 0.5) is 0 Å². The van der Waals surface area contributed by atoms with Crippen LogP contribution in [0.5, 0.6) is 17.2 Å². The van der Waals surface area contributed by atoms with E-state index < -0.39 is 0 Å². The molecule has 1 aliphatic rings. The van der Waals surface area contributed by atoms with Gasteiger partial charge in [0, 0.05) is 12.6 Å². The van der Waals surface area contributed by atoms with E-state index in [4.69, 9.17) is 23.0 Å². The average molecular weight is 425 g/mol. The molecular weight excluding hydrogens is 402 g/mol. The molecule has 3 aromatic rings. The van der Waals surface area contributed by atoms with Crippen molar-refractivity contribution in [2.75, 3.05) is 26.9 Å². The molecule has 3 heterocycles. The Hall–Kier alpha value is -3.75. The Labute approximate surface area is 179 Å². The number of hydrogen-bond donors (Lipinski definition) is 0. The van der Waals surface area contributed by atoms with Gasteiger partial charge in [-0.2, -0.15) is 0 Å². The lowest BCUT2D eigenvalue weighted by atomic mass is 10.1. The maximum absolute atomic E-state index is 12.8. The van der Waals surface area contributed by atoms with Crippen molar-refractivity contribution in [3.8, 4) is 28.9 Å². The standard InChI is InChI=1S/C22H23N3O6/c1-3-8-25(14-19-23-24-22(31-19)16-5-4-9-28-16)20(26)7-6-15-12-17(27-2)21-18(13-15)29-10-11-30-21/h4-7,9,12-13H,3,8,10-11,14H2,1-2H3. The second-order valence-electron chi connectivity index (χ2n) is 6.82. The third kappa shape index (κ3) is 4.71. The van der Waals surface area contributed by atoms with Gasteiger partial charge in [0.25, 0.3) is 5.89 Å². The molecule has 2 aromatic heterocycles. The number of carbonyl (C=O) groups excluding carboxylic acids is 1. The number of hydrogen-bond acceptors (Lipinski definition) is 8. The smallest absolute Gasteiger partial charge is 0.283 e. The summed E-state index contributed by atoms with van der Waals surface area (Å²) in [6.45, 7) is 3.69. The van der Waals surface area contributed by atoms with E-state index in [1.165, 1.54) is 12.3 Å². The Morgan fingerprint density at radius 3 is 2.90 bits per heavy atom. The number of rotatable bonds is 8. The minimum Gasteiger partial charge on any atom is -0.493 e. The molecule has 31 heavy (non-hydrogen) atoms. The molecule has 162 valence electrons. The van der Waals surface area contributed by atoms with Gasteiger partial charge in [-0.05, 0) is 42.3 Å². The fourth-order valence-corrected chi connectivity index (χ4v) is 3.18. The summed E-state index contributed by atoms with van der Waals surface area (Å²) < 4.78 is 27.5. The molecule has 1 aromatic carbocycles. The first-order chi connectivity index (χ1) is 15.2. The summed E-state index contributed by atoms with van der Waals surface area (Å²) in [5, 5.41) is 8.00. The van der Waals surface area contributed by atoms with Gasteiger partial charge >= 0.3 is 0 Å². The van der Waals surface area contributed by atoms with Crippen LogP contribution in [0, 0.1) is 0 Å². The number of ether oxygens (including phenoxy) is 3. The van der Waals surface area contributed by atoms with Crippen molar-refractivity contribution in [1.29, 1.82) is 0 Å². The number of methoxy groups -OCH3 is 1. The zero-order valence-electron chi connectivity index (χ0n) is 17.4.